The Hall–Kier alpha value is -2.85. The van der Waals surface area contributed by atoms with Gasteiger partial charge < -0.3 is 5.32 Å². The first-order valence-electron chi connectivity index (χ1n) is 7.62. The fraction of sp³-hybridized carbons (Fsp3) is 0.222. The number of hydrogen-bond donors (Lipinski definition) is 2. The zero-order valence-corrected chi connectivity index (χ0v) is 15.0. The van der Waals surface area contributed by atoms with Crippen LogP contribution in [-0.4, -0.2) is 22.2 Å². The van der Waals surface area contributed by atoms with E-state index < -0.39 is 17.2 Å². The van der Waals surface area contributed by atoms with Crippen molar-refractivity contribution < 1.29 is 9.59 Å². The van der Waals surface area contributed by atoms with Crippen molar-refractivity contribution in [3.63, 3.8) is 0 Å². The van der Waals surface area contributed by atoms with E-state index in [2.05, 4.69) is 21.7 Å². The van der Waals surface area contributed by atoms with Crippen LogP contribution in [0.1, 0.15) is 23.7 Å². The first kappa shape index (κ1) is 18.5. The average Bonchev–Trinajstić information content (AvgIpc) is 2.55. The lowest BCUT2D eigenvalue weighted by Crippen LogP contribution is -2.38. The highest BCUT2D eigenvalue weighted by atomic mass is 32.2. The number of nitrogens with zero attached hydrogens (tertiary/aromatic N) is 2. The van der Waals surface area contributed by atoms with Crippen molar-refractivity contribution >= 4 is 29.4 Å². The van der Waals surface area contributed by atoms with Gasteiger partial charge in [0.05, 0.1) is 10.8 Å². The van der Waals surface area contributed by atoms with Gasteiger partial charge in [-0.3, -0.25) is 10.1 Å². The zero-order valence-electron chi connectivity index (χ0n) is 14.2. The standard InChI is InChI=1S/C18H18N4O2S/c1-11-9-12(2)20-17(15(11)10-19)25-13(3)16(23)22-18(24)21-14-7-5-4-6-8-14/h4-9,13H,1-3H3,(H2,21,22,23,24). The number of para-hydroxylation sites is 1. The van der Waals surface area contributed by atoms with E-state index in [9.17, 15) is 14.9 Å². The molecule has 7 heteroatoms. The summed E-state index contributed by atoms with van der Waals surface area (Å²) >= 11 is 1.15. The van der Waals surface area contributed by atoms with Crippen LogP contribution in [0.4, 0.5) is 10.5 Å². The second-order valence-electron chi connectivity index (χ2n) is 5.44. The van der Waals surface area contributed by atoms with Crippen molar-refractivity contribution in [2.45, 2.75) is 31.0 Å². The fourth-order valence-corrected chi connectivity index (χ4v) is 3.16. The van der Waals surface area contributed by atoms with Gasteiger partial charge in [-0.1, -0.05) is 30.0 Å². The van der Waals surface area contributed by atoms with Gasteiger partial charge in [0.15, 0.2) is 0 Å². The van der Waals surface area contributed by atoms with E-state index in [0.29, 0.717) is 16.3 Å². The second kappa shape index (κ2) is 8.31. The third-order valence-electron chi connectivity index (χ3n) is 3.35. The Morgan fingerprint density at radius 2 is 1.92 bits per heavy atom. The predicted molar refractivity (Wildman–Crippen MR) is 97.3 cm³/mol. The van der Waals surface area contributed by atoms with Crippen LogP contribution < -0.4 is 10.6 Å². The SMILES string of the molecule is Cc1cc(C)c(C#N)c(SC(C)C(=O)NC(=O)Nc2ccccc2)n1. The average molecular weight is 354 g/mol. The summed E-state index contributed by atoms with van der Waals surface area (Å²) in [5.74, 6) is -0.455. The maximum absolute atomic E-state index is 12.2. The molecule has 2 rings (SSSR count). The van der Waals surface area contributed by atoms with Gasteiger partial charge in [0.1, 0.15) is 11.1 Å². The number of nitrogens with one attached hydrogen (secondary N) is 2. The van der Waals surface area contributed by atoms with E-state index in [-0.39, 0.29) is 0 Å². The number of hydrogen-bond acceptors (Lipinski definition) is 5. The Labute approximate surface area is 150 Å². The molecule has 3 amide bonds. The van der Waals surface area contributed by atoms with E-state index in [1.165, 1.54) is 0 Å². The number of imide groups is 1. The first-order chi connectivity index (χ1) is 11.9. The van der Waals surface area contributed by atoms with Crippen LogP contribution in [-0.2, 0) is 4.79 Å². The van der Waals surface area contributed by atoms with Gasteiger partial charge >= 0.3 is 6.03 Å². The predicted octanol–water partition coefficient (Wildman–Crippen LogP) is 3.40. The Morgan fingerprint density at radius 1 is 1.24 bits per heavy atom. The molecule has 1 unspecified atom stereocenters. The molecule has 0 fully saturated rings. The number of urea groups is 1. The number of thioether (sulfide) groups is 1. The smallest absolute Gasteiger partial charge is 0.308 e. The Morgan fingerprint density at radius 3 is 2.56 bits per heavy atom. The molecule has 0 radical (unpaired) electrons. The van der Waals surface area contributed by atoms with Gasteiger partial charge in [-0.15, -0.1) is 0 Å². The minimum atomic E-state index is -0.600. The molecule has 2 N–H and O–H groups in total. The van der Waals surface area contributed by atoms with Crippen molar-refractivity contribution in [2.75, 3.05) is 5.32 Å². The summed E-state index contributed by atoms with van der Waals surface area (Å²) in [6.07, 6.45) is 0. The number of pyridine rings is 1. The molecule has 0 spiro atoms. The molecule has 2 aromatic rings. The molecular weight excluding hydrogens is 336 g/mol. The minimum Gasteiger partial charge on any atom is -0.308 e. The van der Waals surface area contributed by atoms with Crippen molar-refractivity contribution in [1.82, 2.24) is 10.3 Å². The van der Waals surface area contributed by atoms with Crippen LogP contribution >= 0.6 is 11.8 Å². The molecule has 0 aliphatic carbocycles. The lowest BCUT2D eigenvalue weighted by Gasteiger charge is -2.13. The summed E-state index contributed by atoms with van der Waals surface area (Å²) in [5.41, 5.74) is 2.63. The van der Waals surface area contributed by atoms with Gasteiger partial charge in [0.25, 0.3) is 0 Å². The molecule has 6 nitrogen and oxygen atoms in total. The Bertz CT molecular complexity index is 831. The highest BCUT2D eigenvalue weighted by Gasteiger charge is 2.20. The summed E-state index contributed by atoms with van der Waals surface area (Å²) in [5, 5.41) is 14.1. The fourth-order valence-electron chi connectivity index (χ4n) is 2.14. The van der Waals surface area contributed by atoms with Crippen LogP contribution in [0, 0.1) is 25.2 Å². The number of carbonyl (C=O) groups excluding carboxylic acids is 2. The third-order valence-corrected chi connectivity index (χ3v) is 4.44. The van der Waals surface area contributed by atoms with Crippen LogP contribution in [0.15, 0.2) is 41.4 Å². The first-order valence-corrected chi connectivity index (χ1v) is 8.50. The normalized spacial score (nSPS) is 11.3. The number of benzene rings is 1. The van der Waals surface area contributed by atoms with Crippen LogP contribution in [0.5, 0.6) is 0 Å². The van der Waals surface area contributed by atoms with Crippen LogP contribution in [0.3, 0.4) is 0 Å². The molecule has 25 heavy (non-hydrogen) atoms. The highest BCUT2D eigenvalue weighted by Crippen LogP contribution is 2.27. The van der Waals surface area contributed by atoms with Crippen LogP contribution in [0.2, 0.25) is 0 Å². The molecule has 0 aliphatic rings. The number of amides is 3. The second-order valence-corrected chi connectivity index (χ2v) is 6.77. The molecule has 1 atom stereocenters. The van der Waals surface area contributed by atoms with Gasteiger partial charge in [-0.25, -0.2) is 9.78 Å². The topological polar surface area (TPSA) is 94.9 Å². The number of carbonyl (C=O) groups is 2. The van der Waals surface area contributed by atoms with E-state index in [1.54, 1.807) is 31.2 Å². The lowest BCUT2D eigenvalue weighted by molar-refractivity contribution is -0.119. The van der Waals surface area contributed by atoms with Gasteiger partial charge in [-0.2, -0.15) is 5.26 Å². The lowest BCUT2D eigenvalue weighted by atomic mass is 10.1. The Balaban J connectivity index is 2.01. The van der Waals surface area contributed by atoms with Gasteiger partial charge in [-0.05, 0) is 44.5 Å². The Kier molecular flexibility index (Phi) is 6.14. The maximum Gasteiger partial charge on any atom is 0.325 e. The van der Waals surface area contributed by atoms with E-state index in [0.717, 1.165) is 23.0 Å². The van der Waals surface area contributed by atoms with Crippen molar-refractivity contribution in [1.29, 1.82) is 5.26 Å². The molecule has 0 bridgehead atoms. The summed E-state index contributed by atoms with van der Waals surface area (Å²) in [7, 11) is 0. The summed E-state index contributed by atoms with van der Waals surface area (Å²) in [6.45, 7) is 5.32. The van der Waals surface area contributed by atoms with E-state index in [1.807, 2.05) is 26.0 Å². The largest absolute Gasteiger partial charge is 0.325 e. The number of aromatic nitrogens is 1. The maximum atomic E-state index is 12.2. The van der Waals surface area contributed by atoms with E-state index >= 15 is 0 Å². The molecule has 1 aromatic carbocycles. The molecule has 0 aliphatic heterocycles. The van der Waals surface area contributed by atoms with Crippen molar-refractivity contribution in [3.8, 4) is 6.07 Å². The molecule has 1 aromatic heterocycles. The molecule has 0 saturated heterocycles. The van der Waals surface area contributed by atoms with Gasteiger partial charge in [0, 0.05) is 11.4 Å². The number of rotatable bonds is 4. The van der Waals surface area contributed by atoms with Gasteiger partial charge in [0.2, 0.25) is 5.91 Å². The quantitative estimate of drug-likeness (QED) is 0.821. The molecular formula is C18H18N4O2S. The van der Waals surface area contributed by atoms with Crippen LogP contribution in [0.25, 0.3) is 0 Å². The summed E-state index contributed by atoms with van der Waals surface area (Å²) in [6, 6.07) is 12.2. The highest BCUT2D eigenvalue weighted by molar-refractivity contribution is 8.00. The number of nitriles is 1. The summed E-state index contributed by atoms with van der Waals surface area (Å²) in [4.78, 5) is 28.4. The molecule has 1 heterocycles. The zero-order chi connectivity index (χ0) is 18.4. The minimum absolute atomic E-state index is 0.448. The van der Waals surface area contributed by atoms with Crippen molar-refractivity contribution in [2.24, 2.45) is 0 Å². The molecule has 0 saturated carbocycles. The number of anilines is 1. The monoisotopic (exact) mass is 354 g/mol. The van der Waals surface area contributed by atoms with Crippen molar-refractivity contribution in [3.05, 3.63) is 53.2 Å². The number of aryl methyl sites for hydroxylation is 2. The molecule has 128 valence electrons. The van der Waals surface area contributed by atoms with E-state index in [4.69, 9.17) is 0 Å². The summed E-state index contributed by atoms with van der Waals surface area (Å²) < 4.78 is 0. The third kappa shape index (κ3) is 5.06.